The maximum Gasteiger partial charge on any atom is 0.227 e. The third-order valence-electron chi connectivity index (χ3n) is 2.23. The van der Waals surface area contributed by atoms with Crippen molar-refractivity contribution >= 4 is 5.91 Å². The maximum absolute atomic E-state index is 11.6. The number of benzene rings is 1. The highest BCUT2D eigenvalue weighted by atomic mass is 16.2. The number of aryl methyl sites for hydroxylation is 1. The van der Waals surface area contributed by atoms with Crippen molar-refractivity contribution in [2.24, 2.45) is 0 Å². The van der Waals surface area contributed by atoms with Crippen molar-refractivity contribution in [2.75, 3.05) is 13.6 Å². The molecule has 1 aromatic rings. The van der Waals surface area contributed by atoms with Crippen molar-refractivity contribution in [1.82, 2.24) is 4.90 Å². The SMILES string of the molecule is C#CCN(C)C(=O)Cc1ccc(C)cc1. The van der Waals surface area contributed by atoms with Crippen LogP contribution < -0.4 is 0 Å². The highest BCUT2D eigenvalue weighted by Gasteiger charge is 2.07. The lowest BCUT2D eigenvalue weighted by Gasteiger charge is -2.13. The van der Waals surface area contributed by atoms with Gasteiger partial charge in [-0.3, -0.25) is 4.79 Å². The molecule has 0 radical (unpaired) electrons. The lowest BCUT2D eigenvalue weighted by molar-refractivity contribution is -0.128. The van der Waals surface area contributed by atoms with Crippen LogP contribution in [0.1, 0.15) is 11.1 Å². The summed E-state index contributed by atoms with van der Waals surface area (Å²) in [6.45, 7) is 2.39. The van der Waals surface area contributed by atoms with E-state index in [0.29, 0.717) is 13.0 Å². The van der Waals surface area contributed by atoms with E-state index in [1.54, 1.807) is 11.9 Å². The number of carbonyl (C=O) groups excluding carboxylic acids is 1. The van der Waals surface area contributed by atoms with Crippen LogP contribution in [0.4, 0.5) is 0 Å². The van der Waals surface area contributed by atoms with Gasteiger partial charge >= 0.3 is 0 Å². The zero-order chi connectivity index (χ0) is 11.3. The Bertz CT molecular complexity index is 373. The van der Waals surface area contributed by atoms with E-state index in [-0.39, 0.29) is 5.91 Å². The molecule has 0 heterocycles. The summed E-state index contributed by atoms with van der Waals surface area (Å²) in [5.74, 6) is 2.50. The Kier molecular flexibility index (Phi) is 3.93. The minimum atomic E-state index is 0.0526. The highest BCUT2D eigenvalue weighted by Crippen LogP contribution is 2.05. The molecule has 2 heteroatoms. The van der Waals surface area contributed by atoms with Gasteiger partial charge in [0, 0.05) is 7.05 Å². The number of carbonyl (C=O) groups is 1. The topological polar surface area (TPSA) is 20.3 Å². The van der Waals surface area contributed by atoms with Gasteiger partial charge in [0.05, 0.1) is 13.0 Å². The van der Waals surface area contributed by atoms with Gasteiger partial charge < -0.3 is 4.90 Å². The Morgan fingerprint density at radius 1 is 1.40 bits per heavy atom. The highest BCUT2D eigenvalue weighted by molar-refractivity contribution is 5.78. The molecular formula is C13H15NO. The number of rotatable bonds is 3. The zero-order valence-corrected chi connectivity index (χ0v) is 9.16. The van der Waals surface area contributed by atoms with Gasteiger partial charge in [0.2, 0.25) is 5.91 Å². The zero-order valence-electron chi connectivity index (χ0n) is 9.16. The molecule has 0 spiro atoms. The lowest BCUT2D eigenvalue weighted by Crippen LogP contribution is -2.28. The van der Waals surface area contributed by atoms with Crippen molar-refractivity contribution in [3.63, 3.8) is 0 Å². The minimum absolute atomic E-state index is 0.0526. The molecule has 78 valence electrons. The third-order valence-corrected chi connectivity index (χ3v) is 2.23. The smallest absolute Gasteiger partial charge is 0.227 e. The van der Waals surface area contributed by atoms with Crippen LogP contribution in [-0.4, -0.2) is 24.4 Å². The van der Waals surface area contributed by atoms with E-state index in [1.807, 2.05) is 31.2 Å². The monoisotopic (exact) mass is 201 g/mol. The van der Waals surface area contributed by atoms with Crippen LogP contribution in [0.25, 0.3) is 0 Å². The molecule has 0 bridgehead atoms. The summed E-state index contributed by atoms with van der Waals surface area (Å²) in [6, 6.07) is 7.95. The van der Waals surface area contributed by atoms with Crippen LogP contribution in [0.2, 0.25) is 0 Å². The molecule has 0 saturated heterocycles. The number of nitrogens with zero attached hydrogens (tertiary/aromatic N) is 1. The molecule has 1 rings (SSSR count). The van der Waals surface area contributed by atoms with Gasteiger partial charge in [0.1, 0.15) is 0 Å². The molecule has 15 heavy (non-hydrogen) atoms. The standard InChI is InChI=1S/C13H15NO/c1-4-9-14(3)13(15)10-12-7-5-11(2)6-8-12/h1,5-8H,9-10H2,2-3H3. The largest absolute Gasteiger partial charge is 0.334 e. The Balaban J connectivity index is 2.59. The van der Waals surface area contributed by atoms with Crippen molar-refractivity contribution < 1.29 is 4.79 Å². The molecule has 0 aliphatic heterocycles. The first-order chi connectivity index (χ1) is 7.13. The van der Waals surface area contributed by atoms with Crippen LogP contribution >= 0.6 is 0 Å². The van der Waals surface area contributed by atoms with Crippen LogP contribution in [0, 0.1) is 19.3 Å². The summed E-state index contributed by atoms with van der Waals surface area (Å²) in [5.41, 5.74) is 2.22. The fourth-order valence-corrected chi connectivity index (χ4v) is 1.24. The van der Waals surface area contributed by atoms with E-state index in [1.165, 1.54) is 5.56 Å². The molecule has 0 aromatic heterocycles. The Labute approximate surface area is 90.9 Å². The quantitative estimate of drug-likeness (QED) is 0.681. The first-order valence-corrected chi connectivity index (χ1v) is 4.86. The maximum atomic E-state index is 11.6. The Hall–Kier alpha value is -1.75. The molecule has 0 aliphatic rings. The summed E-state index contributed by atoms with van der Waals surface area (Å²) >= 11 is 0. The van der Waals surface area contributed by atoms with E-state index in [0.717, 1.165) is 5.56 Å². The summed E-state index contributed by atoms with van der Waals surface area (Å²) in [4.78, 5) is 13.2. The van der Waals surface area contributed by atoms with Gasteiger partial charge in [0.25, 0.3) is 0 Å². The second-order valence-corrected chi connectivity index (χ2v) is 3.62. The summed E-state index contributed by atoms with van der Waals surface area (Å²) in [7, 11) is 1.72. The molecule has 0 unspecified atom stereocenters. The second-order valence-electron chi connectivity index (χ2n) is 3.62. The van der Waals surface area contributed by atoms with E-state index < -0.39 is 0 Å². The Morgan fingerprint density at radius 2 is 2.00 bits per heavy atom. The van der Waals surface area contributed by atoms with Crippen molar-refractivity contribution in [1.29, 1.82) is 0 Å². The van der Waals surface area contributed by atoms with Gasteiger partial charge in [-0.2, -0.15) is 0 Å². The number of amides is 1. The summed E-state index contributed by atoms with van der Waals surface area (Å²) in [6.07, 6.45) is 5.55. The van der Waals surface area contributed by atoms with Gasteiger partial charge in [-0.05, 0) is 12.5 Å². The Morgan fingerprint density at radius 3 is 2.53 bits per heavy atom. The number of terminal acetylenes is 1. The molecule has 0 fully saturated rings. The van der Waals surface area contributed by atoms with Crippen LogP contribution in [-0.2, 0) is 11.2 Å². The molecule has 1 aromatic carbocycles. The second kappa shape index (κ2) is 5.21. The summed E-state index contributed by atoms with van der Waals surface area (Å²) in [5, 5.41) is 0. The minimum Gasteiger partial charge on any atom is -0.334 e. The predicted molar refractivity (Wildman–Crippen MR) is 61.4 cm³/mol. The molecule has 1 amide bonds. The molecule has 0 atom stereocenters. The fourth-order valence-electron chi connectivity index (χ4n) is 1.24. The average molecular weight is 201 g/mol. The number of likely N-dealkylation sites (N-methyl/N-ethyl adjacent to an activating group) is 1. The fraction of sp³-hybridized carbons (Fsp3) is 0.308. The van der Waals surface area contributed by atoms with E-state index in [9.17, 15) is 4.79 Å². The molecule has 0 N–H and O–H groups in total. The van der Waals surface area contributed by atoms with E-state index >= 15 is 0 Å². The summed E-state index contributed by atoms with van der Waals surface area (Å²) < 4.78 is 0. The third kappa shape index (κ3) is 3.47. The van der Waals surface area contributed by atoms with E-state index in [4.69, 9.17) is 6.42 Å². The van der Waals surface area contributed by atoms with Gasteiger partial charge in [-0.25, -0.2) is 0 Å². The van der Waals surface area contributed by atoms with Gasteiger partial charge in [-0.1, -0.05) is 35.7 Å². The number of hydrogen-bond donors (Lipinski definition) is 0. The molecule has 0 saturated carbocycles. The average Bonchev–Trinajstić information content (AvgIpc) is 2.22. The van der Waals surface area contributed by atoms with Crippen LogP contribution in [0.15, 0.2) is 24.3 Å². The molecule has 0 aliphatic carbocycles. The van der Waals surface area contributed by atoms with E-state index in [2.05, 4.69) is 5.92 Å². The van der Waals surface area contributed by atoms with Gasteiger partial charge in [-0.15, -0.1) is 6.42 Å². The van der Waals surface area contributed by atoms with Crippen molar-refractivity contribution in [3.05, 3.63) is 35.4 Å². The molecular weight excluding hydrogens is 186 g/mol. The normalized spacial score (nSPS) is 9.40. The number of hydrogen-bond acceptors (Lipinski definition) is 1. The first kappa shape index (κ1) is 11.3. The van der Waals surface area contributed by atoms with Crippen LogP contribution in [0.3, 0.4) is 0 Å². The van der Waals surface area contributed by atoms with Crippen molar-refractivity contribution in [2.45, 2.75) is 13.3 Å². The molecule has 2 nitrogen and oxygen atoms in total. The van der Waals surface area contributed by atoms with Crippen LogP contribution in [0.5, 0.6) is 0 Å². The van der Waals surface area contributed by atoms with Gasteiger partial charge in [0.15, 0.2) is 0 Å². The predicted octanol–water partition coefficient (Wildman–Crippen LogP) is 1.63. The van der Waals surface area contributed by atoms with Crippen molar-refractivity contribution in [3.8, 4) is 12.3 Å². The lowest BCUT2D eigenvalue weighted by atomic mass is 10.1. The first-order valence-electron chi connectivity index (χ1n) is 4.86.